The first-order valence-corrected chi connectivity index (χ1v) is 9.04. The fraction of sp³-hybridized carbons (Fsp3) is 0.235. The minimum atomic E-state index is 0.108. The Hall–Kier alpha value is -1.69. The number of aliphatic hydroxyl groups excluding tert-OH is 1. The molecule has 0 atom stereocenters. The Morgan fingerprint density at radius 2 is 1.95 bits per heavy atom. The van der Waals surface area contributed by atoms with E-state index in [1.54, 1.807) is 22.7 Å². The van der Waals surface area contributed by atoms with Gasteiger partial charge in [-0.3, -0.25) is 0 Å². The smallest absolute Gasteiger partial charge is 0.190 e. The number of aliphatic hydroxyl groups is 1. The van der Waals surface area contributed by atoms with Crippen LogP contribution < -0.4 is 4.80 Å². The molecule has 0 aliphatic rings. The van der Waals surface area contributed by atoms with Crippen LogP contribution in [-0.2, 0) is 13.0 Å². The largest absolute Gasteiger partial charge is 0.395 e. The summed E-state index contributed by atoms with van der Waals surface area (Å²) in [6.07, 6.45) is 1.03. The van der Waals surface area contributed by atoms with E-state index in [1.807, 2.05) is 18.2 Å². The third-order valence-electron chi connectivity index (χ3n) is 3.46. The van der Waals surface area contributed by atoms with Gasteiger partial charge >= 0.3 is 0 Å². The van der Waals surface area contributed by atoms with Gasteiger partial charge in [-0.2, -0.15) is 0 Å². The van der Waals surface area contributed by atoms with Crippen molar-refractivity contribution >= 4 is 28.4 Å². The molecular weight excluding hydrogens is 312 g/mol. The highest BCUT2D eigenvalue weighted by molar-refractivity contribution is 7.14. The van der Waals surface area contributed by atoms with E-state index in [-0.39, 0.29) is 6.61 Å². The van der Waals surface area contributed by atoms with Crippen LogP contribution in [0.4, 0.5) is 5.69 Å². The third kappa shape index (κ3) is 3.21. The predicted octanol–water partition coefficient (Wildman–Crippen LogP) is 4.07. The molecule has 0 bridgehead atoms. The standard InChI is InChI=1S/C17H18N2OS2/c1-2-13-5-7-14(8-6-13)18-17-19(9-10-20)15(12-22-17)16-4-3-11-21-16/h3-8,11-12,20H,2,9-10H2,1H3. The topological polar surface area (TPSA) is 37.5 Å². The molecule has 5 heteroatoms. The average molecular weight is 330 g/mol. The maximum absolute atomic E-state index is 9.36. The van der Waals surface area contributed by atoms with Gasteiger partial charge in [-0.1, -0.05) is 25.1 Å². The van der Waals surface area contributed by atoms with Crippen molar-refractivity contribution in [1.29, 1.82) is 0 Å². The fourth-order valence-electron chi connectivity index (χ4n) is 2.27. The number of benzene rings is 1. The molecule has 0 amide bonds. The zero-order chi connectivity index (χ0) is 15.4. The van der Waals surface area contributed by atoms with Crippen LogP contribution in [0.25, 0.3) is 10.6 Å². The van der Waals surface area contributed by atoms with Gasteiger partial charge in [0.25, 0.3) is 0 Å². The second kappa shape index (κ2) is 7.05. The second-order valence-corrected chi connectivity index (χ2v) is 6.67. The Balaban J connectivity index is 2.04. The first-order chi connectivity index (χ1) is 10.8. The molecule has 0 unspecified atom stereocenters. The molecule has 0 saturated heterocycles. The van der Waals surface area contributed by atoms with E-state index < -0.39 is 0 Å². The van der Waals surface area contributed by atoms with E-state index in [0.29, 0.717) is 6.54 Å². The van der Waals surface area contributed by atoms with Crippen LogP contribution in [0, 0.1) is 0 Å². The van der Waals surface area contributed by atoms with E-state index in [9.17, 15) is 5.11 Å². The average Bonchev–Trinajstić information content (AvgIpc) is 3.19. The maximum atomic E-state index is 9.36. The van der Waals surface area contributed by atoms with Gasteiger partial charge in [0.2, 0.25) is 0 Å². The second-order valence-electron chi connectivity index (χ2n) is 4.89. The summed E-state index contributed by atoms with van der Waals surface area (Å²) in [5, 5.41) is 13.5. The molecule has 0 saturated carbocycles. The number of hydrogen-bond donors (Lipinski definition) is 1. The molecule has 3 aromatic rings. The highest BCUT2D eigenvalue weighted by Gasteiger charge is 2.08. The number of thiophene rings is 1. The summed E-state index contributed by atoms with van der Waals surface area (Å²) in [6, 6.07) is 12.5. The molecule has 114 valence electrons. The van der Waals surface area contributed by atoms with Gasteiger partial charge in [0.1, 0.15) is 0 Å². The van der Waals surface area contributed by atoms with Crippen molar-refractivity contribution < 1.29 is 5.11 Å². The highest BCUT2D eigenvalue weighted by atomic mass is 32.1. The number of aryl methyl sites for hydroxylation is 1. The van der Waals surface area contributed by atoms with E-state index in [0.717, 1.165) is 22.6 Å². The van der Waals surface area contributed by atoms with E-state index in [1.165, 1.54) is 10.4 Å². The van der Waals surface area contributed by atoms with E-state index in [4.69, 9.17) is 4.99 Å². The first-order valence-electron chi connectivity index (χ1n) is 7.28. The zero-order valence-electron chi connectivity index (χ0n) is 12.4. The summed E-state index contributed by atoms with van der Waals surface area (Å²) in [5.41, 5.74) is 3.38. The number of thiazole rings is 1. The molecule has 3 nitrogen and oxygen atoms in total. The first kappa shape index (κ1) is 15.2. The van der Waals surface area contributed by atoms with E-state index >= 15 is 0 Å². The Morgan fingerprint density at radius 1 is 1.14 bits per heavy atom. The van der Waals surface area contributed by atoms with Crippen molar-refractivity contribution in [1.82, 2.24) is 4.57 Å². The van der Waals surface area contributed by atoms with Crippen molar-refractivity contribution in [3.63, 3.8) is 0 Å². The normalized spacial score (nSPS) is 12.0. The number of rotatable bonds is 5. The van der Waals surface area contributed by atoms with Crippen molar-refractivity contribution in [2.24, 2.45) is 4.99 Å². The highest BCUT2D eigenvalue weighted by Crippen LogP contribution is 2.25. The van der Waals surface area contributed by atoms with Gasteiger partial charge in [0.05, 0.1) is 22.9 Å². The van der Waals surface area contributed by atoms with Gasteiger partial charge in [-0.25, -0.2) is 4.99 Å². The Kier molecular flexibility index (Phi) is 4.87. The lowest BCUT2D eigenvalue weighted by molar-refractivity contribution is 0.275. The minimum absolute atomic E-state index is 0.108. The number of aromatic nitrogens is 1. The third-order valence-corrected chi connectivity index (χ3v) is 5.22. The minimum Gasteiger partial charge on any atom is -0.395 e. The Labute approximate surface area is 137 Å². The molecule has 0 spiro atoms. The van der Waals surface area contributed by atoms with Gasteiger partial charge in [-0.15, -0.1) is 22.7 Å². The molecule has 1 aromatic carbocycles. The molecule has 0 fully saturated rings. The van der Waals surface area contributed by atoms with Crippen LogP contribution in [-0.4, -0.2) is 16.3 Å². The molecular formula is C17H18N2OS2. The molecule has 2 aromatic heterocycles. The summed E-state index contributed by atoms with van der Waals surface area (Å²) in [5.74, 6) is 0. The van der Waals surface area contributed by atoms with Crippen molar-refractivity contribution in [3.8, 4) is 10.6 Å². The van der Waals surface area contributed by atoms with Crippen LogP contribution in [0.1, 0.15) is 12.5 Å². The summed E-state index contributed by atoms with van der Waals surface area (Å²) >= 11 is 3.31. The molecule has 1 N–H and O–H groups in total. The van der Waals surface area contributed by atoms with Crippen LogP contribution in [0.15, 0.2) is 52.2 Å². The molecule has 0 radical (unpaired) electrons. The van der Waals surface area contributed by atoms with Gasteiger partial charge in [-0.05, 0) is 35.6 Å². The van der Waals surface area contributed by atoms with Crippen molar-refractivity contribution in [2.75, 3.05) is 6.61 Å². The number of nitrogens with zero attached hydrogens (tertiary/aromatic N) is 2. The summed E-state index contributed by atoms with van der Waals surface area (Å²) in [7, 11) is 0. The van der Waals surface area contributed by atoms with Crippen LogP contribution >= 0.6 is 22.7 Å². The van der Waals surface area contributed by atoms with Gasteiger partial charge < -0.3 is 9.67 Å². The Morgan fingerprint density at radius 3 is 2.59 bits per heavy atom. The van der Waals surface area contributed by atoms with Crippen LogP contribution in [0.5, 0.6) is 0 Å². The van der Waals surface area contributed by atoms with Crippen LogP contribution in [0.3, 0.4) is 0 Å². The van der Waals surface area contributed by atoms with Gasteiger partial charge in [0, 0.05) is 11.9 Å². The number of hydrogen-bond acceptors (Lipinski definition) is 4. The maximum Gasteiger partial charge on any atom is 0.190 e. The Bertz CT molecular complexity index is 783. The summed E-state index contributed by atoms with van der Waals surface area (Å²) in [4.78, 5) is 6.86. The monoisotopic (exact) mass is 330 g/mol. The lowest BCUT2D eigenvalue weighted by Crippen LogP contribution is -2.17. The van der Waals surface area contributed by atoms with Crippen molar-refractivity contribution in [2.45, 2.75) is 19.9 Å². The molecule has 2 heterocycles. The SMILES string of the molecule is CCc1ccc(N=c2scc(-c3cccs3)n2CCO)cc1. The van der Waals surface area contributed by atoms with Gasteiger partial charge in [0.15, 0.2) is 4.80 Å². The lowest BCUT2D eigenvalue weighted by atomic mass is 10.2. The van der Waals surface area contributed by atoms with Crippen LogP contribution in [0.2, 0.25) is 0 Å². The summed E-state index contributed by atoms with van der Waals surface area (Å²) in [6.45, 7) is 2.81. The summed E-state index contributed by atoms with van der Waals surface area (Å²) < 4.78 is 2.09. The predicted molar refractivity (Wildman–Crippen MR) is 93.8 cm³/mol. The lowest BCUT2D eigenvalue weighted by Gasteiger charge is -2.05. The van der Waals surface area contributed by atoms with E-state index in [2.05, 4.69) is 40.5 Å². The quantitative estimate of drug-likeness (QED) is 0.752. The molecule has 0 aliphatic heterocycles. The molecule has 0 aliphatic carbocycles. The zero-order valence-corrected chi connectivity index (χ0v) is 14.0. The van der Waals surface area contributed by atoms with Crippen molar-refractivity contribution in [3.05, 3.63) is 57.5 Å². The fourth-order valence-corrected chi connectivity index (χ4v) is 4.05. The molecule has 3 rings (SSSR count). The molecule has 22 heavy (non-hydrogen) atoms.